The Labute approximate surface area is 129 Å². The Morgan fingerprint density at radius 3 is 2.68 bits per heavy atom. The van der Waals surface area contributed by atoms with Crippen molar-refractivity contribution in [1.29, 1.82) is 5.26 Å². The van der Waals surface area contributed by atoms with Crippen molar-refractivity contribution in [2.75, 3.05) is 0 Å². The van der Waals surface area contributed by atoms with Crippen LogP contribution in [0.5, 0.6) is 0 Å². The second-order valence-corrected chi connectivity index (χ2v) is 5.25. The van der Waals surface area contributed by atoms with Gasteiger partial charge in [-0.1, -0.05) is 41.4 Å². The van der Waals surface area contributed by atoms with Gasteiger partial charge >= 0.3 is 0 Å². The summed E-state index contributed by atoms with van der Waals surface area (Å²) >= 11 is 15.8. The molecule has 0 aliphatic rings. The summed E-state index contributed by atoms with van der Waals surface area (Å²) in [4.78, 5) is 3.98. The van der Waals surface area contributed by atoms with Gasteiger partial charge < -0.3 is 0 Å². The average molecular weight is 354 g/mol. The van der Waals surface area contributed by atoms with E-state index >= 15 is 0 Å². The SMILES string of the molecule is N#C/C(=C(/Cl)c1cccc(Br)c1Cl)c1cccnc1. The zero-order chi connectivity index (χ0) is 13.8. The zero-order valence-electron chi connectivity index (χ0n) is 9.57. The van der Waals surface area contributed by atoms with E-state index < -0.39 is 0 Å². The highest BCUT2D eigenvalue weighted by molar-refractivity contribution is 9.10. The summed E-state index contributed by atoms with van der Waals surface area (Å²) in [5, 5.41) is 10.1. The molecule has 0 atom stereocenters. The molecule has 0 unspecified atom stereocenters. The third-order valence-electron chi connectivity index (χ3n) is 2.47. The number of rotatable bonds is 2. The molecule has 0 N–H and O–H groups in total. The van der Waals surface area contributed by atoms with Gasteiger partial charge in [0.1, 0.15) is 6.07 Å². The van der Waals surface area contributed by atoms with Crippen LogP contribution in [0.3, 0.4) is 0 Å². The average Bonchev–Trinajstić information content (AvgIpc) is 2.44. The quantitative estimate of drug-likeness (QED) is 0.702. The second kappa shape index (κ2) is 6.21. The van der Waals surface area contributed by atoms with E-state index in [1.54, 1.807) is 30.6 Å². The molecule has 2 rings (SSSR count). The Hall–Kier alpha value is -1.34. The largest absolute Gasteiger partial charge is 0.264 e. The molecule has 5 heteroatoms. The maximum Gasteiger partial charge on any atom is 0.101 e. The molecule has 2 aromatic rings. The van der Waals surface area contributed by atoms with Gasteiger partial charge in [-0.2, -0.15) is 5.26 Å². The lowest BCUT2D eigenvalue weighted by molar-refractivity contribution is 1.31. The predicted octanol–water partition coefficient (Wildman–Crippen LogP) is 5.13. The van der Waals surface area contributed by atoms with Crippen LogP contribution in [0.2, 0.25) is 5.02 Å². The number of nitriles is 1. The van der Waals surface area contributed by atoms with Crippen molar-refractivity contribution in [3.63, 3.8) is 0 Å². The number of pyridine rings is 1. The summed E-state index contributed by atoms with van der Waals surface area (Å²) in [7, 11) is 0. The third kappa shape index (κ3) is 2.98. The standard InChI is InChI=1S/C14H7BrCl2N2/c15-12-5-1-4-10(14(12)17)13(16)11(7-18)9-3-2-6-19-8-9/h1-6,8H/b13-11-. The van der Waals surface area contributed by atoms with Crippen LogP contribution in [0, 0.1) is 11.3 Å². The molecule has 0 radical (unpaired) electrons. The van der Waals surface area contributed by atoms with Gasteiger partial charge in [0.05, 0.1) is 15.6 Å². The third-order valence-corrected chi connectivity index (χ3v) is 4.16. The minimum absolute atomic E-state index is 0.307. The molecule has 1 aromatic carbocycles. The molecule has 19 heavy (non-hydrogen) atoms. The fourth-order valence-electron chi connectivity index (χ4n) is 1.56. The van der Waals surface area contributed by atoms with Crippen molar-refractivity contribution < 1.29 is 0 Å². The van der Waals surface area contributed by atoms with Crippen LogP contribution in [-0.2, 0) is 0 Å². The van der Waals surface area contributed by atoms with E-state index in [2.05, 4.69) is 27.0 Å². The van der Waals surface area contributed by atoms with E-state index in [1.807, 2.05) is 12.1 Å². The molecule has 2 nitrogen and oxygen atoms in total. The van der Waals surface area contributed by atoms with Gasteiger partial charge in [-0.3, -0.25) is 4.98 Å². The summed E-state index contributed by atoms with van der Waals surface area (Å²) in [6.45, 7) is 0. The first-order chi connectivity index (χ1) is 9.15. The summed E-state index contributed by atoms with van der Waals surface area (Å²) in [5.74, 6) is 0. The first-order valence-corrected chi connectivity index (χ1v) is 6.84. The summed E-state index contributed by atoms with van der Waals surface area (Å²) in [6, 6.07) is 11.0. The van der Waals surface area contributed by atoms with Crippen molar-refractivity contribution in [2.45, 2.75) is 0 Å². The van der Waals surface area contributed by atoms with Crippen molar-refractivity contribution in [3.05, 3.63) is 63.3 Å². The number of benzene rings is 1. The minimum atomic E-state index is 0.307. The number of aromatic nitrogens is 1. The molecule has 0 fully saturated rings. The molecule has 1 aromatic heterocycles. The molecule has 0 bridgehead atoms. The van der Waals surface area contributed by atoms with Gasteiger partial charge in [0.2, 0.25) is 0 Å². The summed E-state index contributed by atoms with van der Waals surface area (Å²) < 4.78 is 0.730. The number of hydrogen-bond acceptors (Lipinski definition) is 2. The number of nitrogens with zero attached hydrogens (tertiary/aromatic N) is 2. The van der Waals surface area contributed by atoms with E-state index in [1.165, 1.54) is 0 Å². The van der Waals surface area contributed by atoms with E-state index in [4.69, 9.17) is 23.2 Å². The van der Waals surface area contributed by atoms with Gasteiger partial charge in [0.15, 0.2) is 0 Å². The van der Waals surface area contributed by atoms with Crippen LogP contribution >= 0.6 is 39.1 Å². The Bertz CT molecular complexity index is 676. The molecule has 0 aliphatic carbocycles. The lowest BCUT2D eigenvalue weighted by Gasteiger charge is -2.07. The maximum atomic E-state index is 9.30. The highest BCUT2D eigenvalue weighted by atomic mass is 79.9. The van der Waals surface area contributed by atoms with Gasteiger partial charge in [-0.15, -0.1) is 0 Å². The van der Waals surface area contributed by atoms with Crippen LogP contribution < -0.4 is 0 Å². The van der Waals surface area contributed by atoms with Gasteiger partial charge in [-0.05, 0) is 28.1 Å². The molecule has 0 amide bonds. The first-order valence-electron chi connectivity index (χ1n) is 5.29. The molecule has 0 aliphatic heterocycles. The first kappa shape index (κ1) is 14.1. The molecule has 0 saturated carbocycles. The number of allylic oxidation sites excluding steroid dienone is 1. The summed E-state index contributed by atoms with van der Waals surface area (Å²) in [5.41, 5.74) is 1.61. The normalized spacial score (nSPS) is 11.7. The molecule has 1 heterocycles. The molecule has 0 saturated heterocycles. The smallest absolute Gasteiger partial charge is 0.101 e. The van der Waals surface area contributed by atoms with E-state index in [9.17, 15) is 5.26 Å². The van der Waals surface area contributed by atoms with Crippen LogP contribution in [0.4, 0.5) is 0 Å². The highest BCUT2D eigenvalue weighted by Crippen LogP contribution is 2.36. The maximum absolute atomic E-state index is 9.30. The van der Waals surface area contributed by atoms with E-state index in [0.29, 0.717) is 26.8 Å². The van der Waals surface area contributed by atoms with E-state index in [-0.39, 0.29) is 0 Å². The van der Waals surface area contributed by atoms with Crippen molar-refractivity contribution in [3.8, 4) is 6.07 Å². The fraction of sp³-hybridized carbons (Fsp3) is 0. The minimum Gasteiger partial charge on any atom is -0.264 e. The topological polar surface area (TPSA) is 36.7 Å². The molecular weight excluding hydrogens is 347 g/mol. The van der Waals surface area contributed by atoms with Gasteiger partial charge in [0.25, 0.3) is 0 Å². The molecule has 94 valence electrons. The van der Waals surface area contributed by atoms with Crippen LogP contribution in [0.25, 0.3) is 10.6 Å². The van der Waals surface area contributed by atoms with Crippen molar-refractivity contribution in [2.24, 2.45) is 0 Å². The number of halogens is 3. The van der Waals surface area contributed by atoms with Gasteiger partial charge in [-0.25, -0.2) is 0 Å². The predicted molar refractivity (Wildman–Crippen MR) is 81.7 cm³/mol. The van der Waals surface area contributed by atoms with Crippen LogP contribution in [0.15, 0.2) is 47.2 Å². The zero-order valence-corrected chi connectivity index (χ0v) is 12.7. The van der Waals surface area contributed by atoms with Gasteiger partial charge in [0, 0.05) is 28.0 Å². The Morgan fingerprint density at radius 1 is 1.26 bits per heavy atom. The van der Waals surface area contributed by atoms with E-state index in [0.717, 1.165) is 4.47 Å². The lowest BCUT2D eigenvalue weighted by Crippen LogP contribution is -1.88. The molecule has 0 spiro atoms. The monoisotopic (exact) mass is 352 g/mol. The summed E-state index contributed by atoms with van der Waals surface area (Å²) in [6.07, 6.45) is 3.23. The fourth-order valence-corrected chi connectivity index (χ4v) is 2.50. The van der Waals surface area contributed by atoms with Crippen LogP contribution in [0.1, 0.15) is 11.1 Å². The Kier molecular flexibility index (Phi) is 4.60. The lowest BCUT2D eigenvalue weighted by atomic mass is 10.1. The highest BCUT2D eigenvalue weighted by Gasteiger charge is 2.13. The second-order valence-electron chi connectivity index (χ2n) is 3.64. The Balaban J connectivity index is 2.63. The molecular formula is C14H7BrCl2N2. The van der Waals surface area contributed by atoms with Crippen molar-refractivity contribution in [1.82, 2.24) is 4.98 Å². The number of hydrogen-bond donors (Lipinski definition) is 0. The van der Waals surface area contributed by atoms with Crippen molar-refractivity contribution >= 4 is 49.7 Å². The Morgan fingerprint density at radius 2 is 2.05 bits per heavy atom. The van der Waals surface area contributed by atoms with Crippen LogP contribution in [-0.4, -0.2) is 4.98 Å².